The number of hydrogen-bond acceptors (Lipinski definition) is 1. The average molecular weight is 195 g/mol. The first-order valence-corrected chi connectivity index (χ1v) is 4.99. The van der Waals surface area contributed by atoms with Crippen LogP contribution in [-0.4, -0.2) is 25.5 Å². The number of rotatable bonds is 4. The number of benzene rings is 1. The van der Waals surface area contributed by atoms with Crippen LogP contribution in [0, 0.1) is 12.7 Å². The summed E-state index contributed by atoms with van der Waals surface area (Å²) in [7, 11) is 4.10. The first-order valence-electron chi connectivity index (χ1n) is 4.99. The number of hydrogen-bond donors (Lipinski definition) is 0. The summed E-state index contributed by atoms with van der Waals surface area (Å²) in [5.41, 5.74) is 2.11. The zero-order valence-electron chi connectivity index (χ0n) is 9.18. The molecule has 0 saturated carbocycles. The molecule has 2 heteroatoms. The van der Waals surface area contributed by atoms with Gasteiger partial charge in [0.15, 0.2) is 0 Å². The van der Waals surface area contributed by atoms with Crippen LogP contribution in [0.2, 0.25) is 0 Å². The fraction of sp³-hybridized carbons (Fsp3) is 0.500. The van der Waals surface area contributed by atoms with Gasteiger partial charge in [-0.15, -0.1) is 0 Å². The molecule has 1 nitrogen and oxygen atoms in total. The van der Waals surface area contributed by atoms with Gasteiger partial charge in [-0.2, -0.15) is 0 Å². The Hall–Kier alpha value is -0.890. The van der Waals surface area contributed by atoms with E-state index >= 15 is 0 Å². The molecule has 1 aromatic rings. The van der Waals surface area contributed by atoms with Crippen molar-refractivity contribution in [2.24, 2.45) is 0 Å². The maximum absolute atomic E-state index is 13.0. The average Bonchev–Trinajstić information content (AvgIpc) is 2.01. The van der Waals surface area contributed by atoms with Gasteiger partial charge in [0.05, 0.1) is 0 Å². The van der Waals surface area contributed by atoms with Crippen LogP contribution >= 0.6 is 0 Å². The quantitative estimate of drug-likeness (QED) is 0.714. The summed E-state index contributed by atoms with van der Waals surface area (Å²) in [6.07, 6.45) is 2.03. The van der Waals surface area contributed by atoms with E-state index in [1.54, 1.807) is 12.1 Å². The molecule has 0 atom stereocenters. The van der Waals surface area contributed by atoms with Gasteiger partial charge in [-0.25, -0.2) is 4.39 Å². The van der Waals surface area contributed by atoms with Crippen LogP contribution in [0.4, 0.5) is 4.39 Å². The van der Waals surface area contributed by atoms with E-state index in [9.17, 15) is 4.39 Å². The summed E-state index contributed by atoms with van der Waals surface area (Å²) in [6.45, 7) is 2.98. The molecule has 0 aromatic heterocycles. The fourth-order valence-electron chi connectivity index (χ4n) is 1.56. The Balaban J connectivity index is 2.50. The molecule has 0 heterocycles. The van der Waals surface area contributed by atoms with Crippen LogP contribution in [0.1, 0.15) is 17.5 Å². The zero-order valence-corrected chi connectivity index (χ0v) is 9.18. The molecule has 0 spiro atoms. The first-order chi connectivity index (χ1) is 6.58. The van der Waals surface area contributed by atoms with E-state index in [0.29, 0.717) is 0 Å². The lowest BCUT2D eigenvalue weighted by Crippen LogP contribution is -2.13. The SMILES string of the molecule is Cc1cc(F)cc(CCCN(C)C)c1. The van der Waals surface area contributed by atoms with Crippen LogP contribution in [0.15, 0.2) is 18.2 Å². The van der Waals surface area contributed by atoms with Gasteiger partial charge in [-0.05, 0) is 63.7 Å². The summed E-state index contributed by atoms with van der Waals surface area (Å²) in [6, 6.07) is 5.25. The predicted octanol–water partition coefficient (Wildman–Crippen LogP) is 2.63. The van der Waals surface area contributed by atoms with E-state index < -0.39 is 0 Å². The fourth-order valence-corrected chi connectivity index (χ4v) is 1.56. The Bertz CT molecular complexity index is 274. The maximum Gasteiger partial charge on any atom is 0.123 e. The summed E-state index contributed by atoms with van der Waals surface area (Å²) in [5, 5.41) is 0. The highest BCUT2D eigenvalue weighted by atomic mass is 19.1. The normalized spacial score (nSPS) is 10.9. The third-order valence-electron chi connectivity index (χ3n) is 2.17. The van der Waals surface area contributed by atoms with Crippen molar-refractivity contribution < 1.29 is 4.39 Å². The molecule has 0 bridgehead atoms. The highest BCUT2D eigenvalue weighted by Crippen LogP contribution is 2.10. The molecule has 1 aromatic carbocycles. The Morgan fingerprint density at radius 1 is 1.21 bits per heavy atom. The van der Waals surface area contributed by atoms with Gasteiger partial charge >= 0.3 is 0 Å². The van der Waals surface area contributed by atoms with E-state index in [0.717, 1.165) is 30.5 Å². The van der Waals surface area contributed by atoms with Gasteiger partial charge in [0.2, 0.25) is 0 Å². The van der Waals surface area contributed by atoms with Crippen LogP contribution in [0.5, 0.6) is 0 Å². The summed E-state index contributed by atoms with van der Waals surface area (Å²) in [4.78, 5) is 2.14. The molecular formula is C12H18FN. The topological polar surface area (TPSA) is 3.24 Å². The lowest BCUT2D eigenvalue weighted by Gasteiger charge is -2.09. The first kappa shape index (κ1) is 11.2. The highest BCUT2D eigenvalue weighted by Gasteiger charge is 1.98. The van der Waals surface area contributed by atoms with Gasteiger partial charge in [0, 0.05) is 0 Å². The molecule has 0 N–H and O–H groups in total. The Morgan fingerprint density at radius 2 is 1.93 bits per heavy atom. The molecule has 0 unspecified atom stereocenters. The van der Waals surface area contributed by atoms with Crippen LogP contribution < -0.4 is 0 Å². The van der Waals surface area contributed by atoms with Gasteiger partial charge in [0.25, 0.3) is 0 Å². The molecule has 0 aliphatic heterocycles. The van der Waals surface area contributed by atoms with Gasteiger partial charge in [-0.1, -0.05) is 6.07 Å². The second-order valence-electron chi connectivity index (χ2n) is 4.04. The highest BCUT2D eigenvalue weighted by molar-refractivity contribution is 5.23. The lowest BCUT2D eigenvalue weighted by atomic mass is 10.1. The monoisotopic (exact) mass is 195 g/mol. The van der Waals surface area contributed by atoms with Crippen molar-refractivity contribution >= 4 is 0 Å². The number of aryl methyl sites for hydroxylation is 2. The third kappa shape index (κ3) is 3.88. The van der Waals surface area contributed by atoms with Crippen LogP contribution in [-0.2, 0) is 6.42 Å². The Kier molecular flexibility index (Phi) is 4.08. The van der Waals surface area contributed by atoms with Crippen LogP contribution in [0.25, 0.3) is 0 Å². The molecule has 14 heavy (non-hydrogen) atoms. The van der Waals surface area contributed by atoms with Crippen molar-refractivity contribution in [1.82, 2.24) is 4.90 Å². The van der Waals surface area contributed by atoms with Crippen molar-refractivity contribution in [1.29, 1.82) is 0 Å². The summed E-state index contributed by atoms with van der Waals surface area (Å²) in [5.74, 6) is -0.121. The molecule has 0 aliphatic rings. The van der Waals surface area contributed by atoms with Crippen molar-refractivity contribution in [3.8, 4) is 0 Å². The maximum atomic E-state index is 13.0. The largest absolute Gasteiger partial charge is 0.309 e. The second kappa shape index (κ2) is 5.11. The minimum atomic E-state index is -0.121. The van der Waals surface area contributed by atoms with Gasteiger partial charge in [-0.3, -0.25) is 0 Å². The van der Waals surface area contributed by atoms with E-state index in [2.05, 4.69) is 25.1 Å². The smallest absolute Gasteiger partial charge is 0.123 e. The molecule has 1 rings (SSSR count). The number of halogens is 1. The van der Waals surface area contributed by atoms with E-state index in [1.807, 2.05) is 6.92 Å². The summed E-state index contributed by atoms with van der Waals surface area (Å²) < 4.78 is 13.0. The Morgan fingerprint density at radius 3 is 2.50 bits per heavy atom. The lowest BCUT2D eigenvalue weighted by molar-refractivity contribution is 0.400. The molecule has 0 aliphatic carbocycles. The standard InChI is InChI=1S/C12H18FN/c1-10-7-11(9-12(13)8-10)5-4-6-14(2)3/h7-9H,4-6H2,1-3H3. The van der Waals surface area contributed by atoms with Crippen molar-refractivity contribution in [3.63, 3.8) is 0 Å². The molecule has 0 amide bonds. The minimum absolute atomic E-state index is 0.121. The van der Waals surface area contributed by atoms with E-state index in [-0.39, 0.29) is 5.82 Å². The molecule has 78 valence electrons. The number of nitrogens with zero attached hydrogens (tertiary/aromatic N) is 1. The minimum Gasteiger partial charge on any atom is -0.309 e. The van der Waals surface area contributed by atoms with E-state index in [4.69, 9.17) is 0 Å². The van der Waals surface area contributed by atoms with E-state index in [1.165, 1.54) is 0 Å². The van der Waals surface area contributed by atoms with Crippen molar-refractivity contribution in [2.45, 2.75) is 19.8 Å². The predicted molar refractivity (Wildman–Crippen MR) is 58.0 cm³/mol. The zero-order chi connectivity index (χ0) is 10.6. The summed E-state index contributed by atoms with van der Waals surface area (Å²) >= 11 is 0. The van der Waals surface area contributed by atoms with Crippen molar-refractivity contribution in [2.75, 3.05) is 20.6 Å². The molecule has 0 radical (unpaired) electrons. The van der Waals surface area contributed by atoms with Crippen LogP contribution in [0.3, 0.4) is 0 Å². The van der Waals surface area contributed by atoms with Gasteiger partial charge < -0.3 is 4.90 Å². The second-order valence-corrected chi connectivity index (χ2v) is 4.04. The van der Waals surface area contributed by atoms with Crippen molar-refractivity contribution in [3.05, 3.63) is 35.1 Å². The molecular weight excluding hydrogens is 177 g/mol. The molecule has 0 fully saturated rings. The molecule has 0 saturated heterocycles. The van der Waals surface area contributed by atoms with Gasteiger partial charge in [0.1, 0.15) is 5.82 Å². The Labute approximate surface area is 85.5 Å². The third-order valence-corrected chi connectivity index (χ3v) is 2.17.